The Kier molecular flexibility index (Phi) is 3.58. The number of H-pyrrole nitrogens is 1. The van der Waals surface area contributed by atoms with E-state index in [9.17, 15) is 4.79 Å². The van der Waals surface area contributed by atoms with Crippen molar-refractivity contribution in [1.82, 2.24) is 10.3 Å². The number of hydrogen-bond donors (Lipinski definition) is 2. The van der Waals surface area contributed by atoms with Crippen LogP contribution in [-0.2, 0) is 4.74 Å². The van der Waals surface area contributed by atoms with E-state index in [0.717, 1.165) is 24.8 Å². The number of methoxy groups -OCH3 is 1. The number of carbonyl (C=O) groups excluding carboxylic acids is 1. The topological polar surface area (TPSA) is 67.3 Å². The van der Waals surface area contributed by atoms with Crippen molar-refractivity contribution in [3.05, 3.63) is 28.6 Å². The quantitative estimate of drug-likeness (QED) is 0.854. The second-order valence-corrected chi connectivity index (χ2v) is 5.38. The molecule has 1 heterocycles. The molecule has 1 amide bonds. The van der Waals surface area contributed by atoms with Crippen LogP contribution in [0.4, 0.5) is 0 Å². The van der Waals surface area contributed by atoms with Crippen LogP contribution in [0.2, 0.25) is 0 Å². The SMILES string of the molecule is CO[C@@H]1CCC[C@@H]1NC(=O)c1ccc2[nH]c(=S)oc2c1. The minimum Gasteiger partial charge on any atom is -0.429 e. The summed E-state index contributed by atoms with van der Waals surface area (Å²) < 4.78 is 10.7. The summed E-state index contributed by atoms with van der Waals surface area (Å²) in [7, 11) is 1.69. The fourth-order valence-electron chi connectivity index (χ4n) is 2.71. The van der Waals surface area contributed by atoms with E-state index in [1.165, 1.54) is 0 Å². The van der Waals surface area contributed by atoms with Crippen molar-refractivity contribution in [2.45, 2.75) is 31.4 Å². The Bertz CT molecular complexity index is 691. The van der Waals surface area contributed by atoms with E-state index >= 15 is 0 Å². The zero-order chi connectivity index (χ0) is 14.1. The van der Waals surface area contributed by atoms with Gasteiger partial charge >= 0.3 is 0 Å². The van der Waals surface area contributed by atoms with Crippen LogP contribution in [0.15, 0.2) is 22.6 Å². The van der Waals surface area contributed by atoms with Crippen LogP contribution in [0, 0.1) is 4.84 Å². The third-order valence-corrected chi connectivity index (χ3v) is 3.94. The maximum Gasteiger partial charge on any atom is 0.266 e. The first kappa shape index (κ1) is 13.3. The van der Waals surface area contributed by atoms with E-state index in [0.29, 0.717) is 16.0 Å². The number of benzene rings is 1. The lowest BCUT2D eigenvalue weighted by Gasteiger charge is -2.19. The lowest BCUT2D eigenvalue weighted by molar-refractivity contribution is 0.0722. The summed E-state index contributed by atoms with van der Waals surface area (Å²) in [6.07, 6.45) is 3.14. The van der Waals surface area contributed by atoms with Crippen molar-refractivity contribution < 1.29 is 13.9 Å². The minimum absolute atomic E-state index is 0.0841. The molecule has 20 heavy (non-hydrogen) atoms. The molecule has 0 bridgehead atoms. The van der Waals surface area contributed by atoms with Crippen LogP contribution >= 0.6 is 12.2 Å². The Morgan fingerprint density at radius 2 is 2.35 bits per heavy atom. The van der Waals surface area contributed by atoms with Gasteiger partial charge in [-0.15, -0.1) is 0 Å². The van der Waals surface area contributed by atoms with E-state index in [1.807, 2.05) is 0 Å². The summed E-state index contributed by atoms with van der Waals surface area (Å²) in [4.78, 5) is 15.5. The highest BCUT2D eigenvalue weighted by Crippen LogP contribution is 2.22. The van der Waals surface area contributed by atoms with Gasteiger partial charge in [-0.1, -0.05) is 0 Å². The number of aromatic nitrogens is 1. The van der Waals surface area contributed by atoms with E-state index in [1.54, 1.807) is 25.3 Å². The fraction of sp³-hybridized carbons (Fsp3) is 0.429. The molecule has 106 valence electrons. The molecule has 0 radical (unpaired) electrons. The summed E-state index contributed by atoms with van der Waals surface area (Å²) in [5.74, 6) is -0.108. The molecule has 6 heteroatoms. The highest BCUT2D eigenvalue weighted by Gasteiger charge is 2.28. The molecule has 1 saturated carbocycles. The van der Waals surface area contributed by atoms with Gasteiger partial charge in [-0.05, 0) is 49.7 Å². The molecule has 2 atom stereocenters. The maximum absolute atomic E-state index is 12.3. The van der Waals surface area contributed by atoms with E-state index in [4.69, 9.17) is 21.4 Å². The molecule has 0 saturated heterocycles. The Balaban J connectivity index is 1.79. The molecule has 2 aromatic rings. The number of carbonyl (C=O) groups is 1. The van der Waals surface area contributed by atoms with Crippen LogP contribution in [0.5, 0.6) is 0 Å². The molecule has 1 aliphatic rings. The van der Waals surface area contributed by atoms with Crippen LogP contribution in [0.3, 0.4) is 0 Å². The first-order chi connectivity index (χ1) is 9.67. The van der Waals surface area contributed by atoms with Crippen molar-refractivity contribution in [2.24, 2.45) is 0 Å². The van der Waals surface area contributed by atoms with Gasteiger partial charge in [0.05, 0.1) is 17.7 Å². The highest BCUT2D eigenvalue weighted by molar-refractivity contribution is 7.71. The number of amides is 1. The third kappa shape index (κ3) is 2.48. The minimum atomic E-state index is -0.108. The monoisotopic (exact) mass is 292 g/mol. The first-order valence-electron chi connectivity index (χ1n) is 6.64. The molecule has 3 rings (SSSR count). The zero-order valence-corrected chi connectivity index (χ0v) is 12.0. The highest BCUT2D eigenvalue weighted by atomic mass is 32.1. The Morgan fingerprint density at radius 1 is 1.50 bits per heavy atom. The van der Waals surface area contributed by atoms with Gasteiger partial charge in [-0.2, -0.15) is 0 Å². The number of ether oxygens (including phenoxy) is 1. The van der Waals surface area contributed by atoms with Gasteiger partial charge in [0.1, 0.15) is 0 Å². The van der Waals surface area contributed by atoms with Crippen LogP contribution < -0.4 is 5.32 Å². The normalized spacial score (nSPS) is 22.2. The van der Waals surface area contributed by atoms with Gasteiger partial charge in [-0.25, -0.2) is 0 Å². The van der Waals surface area contributed by atoms with Crippen molar-refractivity contribution in [2.75, 3.05) is 7.11 Å². The molecular formula is C14H16N2O3S. The molecule has 0 unspecified atom stereocenters. The molecule has 1 fully saturated rings. The molecule has 5 nitrogen and oxygen atoms in total. The third-order valence-electron chi connectivity index (χ3n) is 3.75. The predicted molar refractivity (Wildman–Crippen MR) is 77.3 cm³/mol. The Labute approximate surface area is 121 Å². The average molecular weight is 292 g/mol. The van der Waals surface area contributed by atoms with Gasteiger partial charge in [0, 0.05) is 12.7 Å². The van der Waals surface area contributed by atoms with Crippen molar-refractivity contribution in [3.63, 3.8) is 0 Å². The fourth-order valence-corrected chi connectivity index (χ4v) is 2.91. The Morgan fingerprint density at radius 3 is 3.15 bits per heavy atom. The van der Waals surface area contributed by atoms with Crippen molar-refractivity contribution in [1.29, 1.82) is 0 Å². The second-order valence-electron chi connectivity index (χ2n) is 5.01. The van der Waals surface area contributed by atoms with Crippen LogP contribution in [0.1, 0.15) is 29.6 Å². The molecule has 1 aliphatic carbocycles. The standard InChI is InChI=1S/C14H16N2O3S/c1-18-11-4-2-3-9(11)15-13(17)8-5-6-10-12(7-8)19-14(20)16-10/h5-7,9,11H,2-4H2,1H3,(H,15,17)(H,16,20)/t9-,11+/m0/s1. The van der Waals surface area contributed by atoms with E-state index in [-0.39, 0.29) is 18.1 Å². The molecule has 0 spiro atoms. The molecule has 0 aliphatic heterocycles. The number of hydrogen-bond acceptors (Lipinski definition) is 4. The zero-order valence-electron chi connectivity index (χ0n) is 11.1. The van der Waals surface area contributed by atoms with Crippen LogP contribution in [0.25, 0.3) is 11.1 Å². The molecule has 1 aromatic carbocycles. The summed E-state index contributed by atoms with van der Waals surface area (Å²) in [5, 5.41) is 3.03. The summed E-state index contributed by atoms with van der Waals surface area (Å²) in [6.45, 7) is 0. The van der Waals surface area contributed by atoms with Crippen molar-refractivity contribution in [3.8, 4) is 0 Å². The molecule has 2 N–H and O–H groups in total. The average Bonchev–Trinajstić information content (AvgIpc) is 3.02. The summed E-state index contributed by atoms with van der Waals surface area (Å²) in [6, 6.07) is 5.34. The van der Waals surface area contributed by atoms with E-state index in [2.05, 4.69) is 10.3 Å². The smallest absolute Gasteiger partial charge is 0.266 e. The van der Waals surface area contributed by atoms with Gasteiger partial charge in [0.15, 0.2) is 5.58 Å². The van der Waals surface area contributed by atoms with Gasteiger partial charge in [-0.3, -0.25) is 4.79 Å². The van der Waals surface area contributed by atoms with E-state index < -0.39 is 0 Å². The molecule has 1 aromatic heterocycles. The Hall–Kier alpha value is -1.66. The lowest BCUT2D eigenvalue weighted by atomic mass is 10.1. The lowest BCUT2D eigenvalue weighted by Crippen LogP contribution is -2.40. The van der Waals surface area contributed by atoms with Gasteiger partial charge in [0.2, 0.25) is 0 Å². The largest absolute Gasteiger partial charge is 0.429 e. The number of oxazole rings is 1. The molecular weight excluding hydrogens is 276 g/mol. The van der Waals surface area contributed by atoms with Crippen LogP contribution in [-0.4, -0.2) is 30.1 Å². The number of nitrogens with one attached hydrogen (secondary N) is 2. The summed E-state index contributed by atoms with van der Waals surface area (Å²) in [5.41, 5.74) is 1.96. The van der Waals surface area contributed by atoms with Gasteiger partial charge < -0.3 is 19.5 Å². The van der Waals surface area contributed by atoms with Gasteiger partial charge in [0.25, 0.3) is 10.7 Å². The first-order valence-corrected chi connectivity index (χ1v) is 7.05. The maximum atomic E-state index is 12.3. The second kappa shape index (κ2) is 5.38. The predicted octanol–water partition coefficient (Wildman–Crippen LogP) is 2.79. The number of fused-ring (bicyclic) bond motifs is 1. The number of aromatic amines is 1. The number of rotatable bonds is 3. The summed E-state index contributed by atoms with van der Waals surface area (Å²) >= 11 is 4.93. The van der Waals surface area contributed by atoms with Crippen molar-refractivity contribution >= 4 is 29.2 Å².